The fourth-order valence-corrected chi connectivity index (χ4v) is 3.93. The Morgan fingerprint density at radius 3 is 2.54 bits per heavy atom. The molecule has 2 heterocycles. The molecule has 126 valence electrons. The van der Waals surface area contributed by atoms with Crippen molar-refractivity contribution in [2.45, 2.75) is 33.2 Å². The van der Waals surface area contributed by atoms with Crippen molar-refractivity contribution in [3.8, 4) is 17.2 Å². The molecule has 4 nitrogen and oxygen atoms in total. The fourth-order valence-electron chi connectivity index (χ4n) is 3.93. The van der Waals surface area contributed by atoms with Crippen LogP contribution in [-0.2, 0) is 6.42 Å². The molecule has 1 N–H and O–H groups in total. The molecule has 1 unspecified atom stereocenters. The molecule has 1 atom stereocenters. The van der Waals surface area contributed by atoms with Gasteiger partial charge in [-0.2, -0.15) is 0 Å². The van der Waals surface area contributed by atoms with Gasteiger partial charge in [0, 0.05) is 6.54 Å². The van der Waals surface area contributed by atoms with E-state index < -0.39 is 0 Å². The molecular formula is C20H23NO3. The monoisotopic (exact) mass is 325 g/mol. The van der Waals surface area contributed by atoms with E-state index in [0.29, 0.717) is 6.79 Å². The zero-order valence-electron chi connectivity index (χ0n) is 14.7. The molecule has 4 rings (SSSR count). The van der Waals surface area contributed by atoms with E-state index >= 15 is 0 Å². The van der Waals surface area contributed by atoms with Gasteiger partial charge in [-0.25, -0.2) is 0 Å². The van der Waals surface area contributed by atoms with Crippen molar-refractivity contribution < 1.29 is 14.2 Å². The fraction of sp³-hybridized carbons (Fsp3) is 0.400. The summed E-state index contributed by atoms with van der Waals surface area (Å²) in [4.78, 5) is 0. The Labute approximate surface area is 142 Å². The van der Waals surface area contributed by atoms with Crippen molar-refractivity contribution >= 4 is 0 Å². The lowest BCUT2D eigenvalue weighted by molar-refractivity contribution is 0.174. The standard InChI is InChI=1S/C20H23NO3/c1-11-7-16(22-4)12(2)13(3)19(11)20-15-9-18-17(23-10-24-18)8-14(15)5-6-21-20/h7-9,20-21H,5-6,10H2,1-4H3. The van der Waals surface area contributed by atoms with Gasteiger partial charge in [-0.15, -0.1) is 0 Å². The van der Waals surface area contributed by atoms with Crippen molar-refractivity contribution in [1.82, 2.24) is 5.32 Å². The van der Waals surface area contributed by atoms with Crippen LogP contribution in [0.15, 0.2) is 18.2 Å². The second-order valence-electron chi connectivity index (χ2n) is 6.60. The van der Waals surface area contributed by atoms with Crippen LogP contribution in [-0.4, -0.2) is 20.4 Å². The summed E-state index contributed by atoms with van der Waals surface area (Å²) in [6.07, 6.45) is 1.01. The molecule has 2 aromatic rings. The number of methoxy groups -OCH3 is 1. The van der Waals surface area contributed by atoms with E-state index in [-0.39, 0.29) is 6.04 Å². The minimum absolute atomic E-state index is 0.174. The first-order valence-electron chi connectivity index (χ1n) is 8.40. The maximum atomic E-state index is 5.60. The molecule has 0 saturated carbocycles. The van der Waals surface area contributed by atoms with E-state index in [2.05, 4.69) is 44.3 Å². The Bertz CT molecular complexity index is 813. The lowest BCUT2D eigenvalue weighted by Crippen LogP contribution is -2.31. The van der Waals surface area contributed by atoms with Crippen LogP contribution < -0.4 is 19.5 Å². The highest BCUT2D eigenvalue weighted by molar-refractivity contribution is 5.56. The van der Waals surface area contributed by atoms with Gasteiger partial charge < -0.3 is 19.5 Å². The zero-order chi connectivity index (χ0) is 16.8. The molecule has 24 heavy (non-hydrogen) atoms. The minimum Gasteiger partial charge on any atom is -0.496 e. The number of fused-ring (bicyclic) bond motifs is 2. The lowest BCUT2D eigenvalue weighted by atomic mass is 9.84. The molecule has 0 amide bonds. The Morgan fingerprint density at radius 2 is 1.79 bits per heavy atom. The van der Waals surface area contributed by atoms with Crippen molar-refractivity contribution in [3.05, 3.63) is 51.6 Å². The molecular weight excluding hydrogens is 302 g/mol. The van der Waals surface area contributed by atoms with Crippen LogP contribution in [0.5, 0.6) is 17.2 Å². The first-order valence-corrected chi connectivity index (χ1v) is 8.40. The molecule has 0 spiro atoms. The summed E-state index contributed by atoms with van der Waals surface area (Å²) in [5.41, 5.74) is 7.71. The number of hydrogen-bond acceptors (Lipinski definition) is 4. The summed E-state index contributed by atoms with van der Waals surface area (Å²) >= 11 is 0. The zero-order valence-corrected chi connectivity index (χ0v) is 14.7. The number of ether oxygens (including phenoxy) is 3. The average Bonchev–Trinajstić information content (AvgIpc) is 3.03. The number of rotatable bonds is 2. The van der Waals surface area contributed by atoms with Gasteiger partial charge in [0.2, 0.25) is 6.79 Å². The number of benzene rings is 2. The van der Waals surface area contributed by atoms with Crippen LogP contribution in [0.1, 0.15) is 39.4 Å². The topological polar surface area (TPSA) is 39.7 Å². The summed E-state index contributed by atoms with van der Waals surface area (Å²) in [5, 5.41) is 3.69. The first-order chi connectivity index (χ1) is 11.6. The maximum absolute atomic E-state index is 5.60. The smallest absolute Gasteiger partial charge is 0.231 e. The van der Waals surface area contributed by atoms with Gasteiger partial charge in [0.05, 0.1) is 13.2 Å². The highest BCUT2D eigenvalue weighted by atomic mass is 16.7. The van der Waals surface area contributed by atoms with Crippen LogP contribution in [0.25, 0.3) is 0 Å². The first kappa shape index (κ1) is 15.3. The van der Waals surface area contributed by atoms with E-state index in [1.165, 1.54) is 33.4 Å². The Balaban J connectivity index is 1.87. The summed E-state index contributed by atoms with van der Waals surface area (Å²) < 4.78 is 16.7. The van der Waals surface area contributed by atoms with Crippen LogP contribution in [0.4, 0.5) is 0 Å². The lowest BCUT2D eigenvalue weighted by Gasteiger charge is -2.31. The molecule has 0 aromatic heterocycles. The number of nitrogens with one attached hydrogen (secondary N) is 1. The minimum atomic E-state index is 0.174. The normalized spacial score (nSPS) is 18.4. The van der Waals surface area contributed by atoms with Crippen LogP contribution in [0.3, 0.4) is 0 Å². The predicted octanol–water partition coefficient (Wildman–Crippen LogP) is 3.58. The van der Waals surface area contributed by atoms with E-state index in [1.54, 1.807) is 7.11 Å². The van der Waals surface area contributed by atoms with Gasteiger partial charge in [-0.05, 0) is 78.8 Å². The summed E-state index contributed by atoms with van der Waals surface area (Å²) in [5.74, 6) is 2.67. The second kappa shape index (κ2) is 5.71. The molecule has 4 heteroatoms. The summed E-state index contributed by atoms with van der Waals surface area (Å²) in [7, 11) is 1.73. The average molecular weight is 325 g/mol. The summed E-state index contributed by atoms with van der Waals surface area (Å²) in [6, 6.07) is 6.60. The van der Waals surface area contributed by atoms with Gasteiger partial charge >= 0.3 is 0 Å². The third kappa shape index (κ3) is 2.25. The van der Waals surface area contributed by atoms with Gasteiger partial charge in [-0.1, -0.05) is 0 Å². The summed E-state index contributed by atoms with van der Waals surface area (Å²) in [6.45, 7) is 7.74. The van der Waals surface area contributed by atoms with Gasteiger partial charge in [0.1, 0.15) is 5.75 Å². The highest BCUT2D eigenvalue weighted by Gasteiger charge is 2.28. The van der Waals surface area contributed by atoms with E-state index in [9.17, 15) is 0 Å². The molecule has 0 saturated heterocycles. The van der Waals surface area contributed by atoms with Crippen molar-refractivity contribution in [3.63, 3.8) is 0 Å². The predicted molar refractivity (Wildman–Crippen MR) is 93.3 cm³/mol. The molecule has 0 radical (unpaired) electrons. The Kier molecular flexibility index (Phi) is 3.65. The molecule has 0 fully saturated rings. The molecule has 0 aliphatic carbocycles. The SMILES string of the molecule is COc1cc(C)c(C2NCCc3cc4c(cc32)OCO4)c(C)c1C. The largest absolute Gasteiger partial charge is 0.496 e. The Morgan fingerprint density at radius 1 is 1.04 bits per heavy atom. The van der Waals surface area contributed by atoms with Crippen molar-refractivity contribution in [2.75, 3.05) is 20.4 Å². The quantitative estimate of drug-likeness (QED) is 0.916. The van der Waals surface area contributed by atoms with Gasteiger partial charge in [0.25, 0.3) is 0 Å². The van der Waals surface area contributed by atoms with Crippen molar-refractivity contribution in [1.29, 1.82) is 0 Å². The molecule has 2 aliphatic rings. The van der Waals surface area contributed by atoms with E-state index in [4.69, 9.17) is 14.2 Å². The Hall–Kier alpha value is -2.20. The second-order valence-corrected chi connectivity index (χ2v) is 6.60. The van der Waals surface area contributed by atoms with Crippen molar-refractivity contribution in [2.24, 2.45) is 0 Å². The maximum Gasteiger partial charge on any atom is 0.231 e. The van der Waals surface area contributed by atoms with Gasteiger partial charge in [-0.3, -0.25) is 0 Å². The van der Waals surface area contributed by atoms with E-state index in [0.717, 1.165) is 30.2 Å². The van der Waals surface area contributed by atoms with Crippen LogP contribution in [0.2, 0.25) is 0 Å². The molecule has 0 bridgehead atoms. The third-order valence-electron chi connectivity index (χ3n) is 5.31. The van der Waals surface area contributed by atoms with Gasteiger partial charge in [0.15, 0.2) is 11.5 Å². The number of aryl methyl sites for hydroxylation is 1. The van der Waals surface area contributed by atoms with E-state index in [1.807, 2.05) is 0 Å². The highest BCUT2D eigenvalue weighted by Crippen LogP contribution is 2.42. The van der Waals surface area contributed by atoms with Crippen LogP contribution >= 0.6 is 0 Å². The third-order valence-corrected chi connectivity index (χ3v) is 5.31. The molecule has 2 aliphatic heterocycles. The number of hydrogen-bond donors (Lipinski definition) is 1. The van der Waals surface area contributed by atoms with Crippen LogP contribution in [0, 0.1) is 20.8 Å². The molecule has 2 aromatic carbocycles.